The van der Waals surface area contributed by atoms with Crippen molar-refractivity contribution < 1.29 is 8.42 Å². The lowest BCUT2D eigenvalue weighted by Crippen LogP contribution is -2.16. The molecule has 0 unspecified atom stereocenters. The van der Waals surface area contributed by atoms with Crippen molar-refractivity contribution in [2.75, 3.05) is 0 Å². The van der Waals surface area contributed by atoms with Gasteiger partial charge in [0.15, 0.2) is 9.84 Å². The second-order valence-corrected chi connectivity index (χ2v) is 7.36. The first-order valence-electron chi connectivity index (χ1n) is 4.79. The van der Waals surface area contributed by atoms with Crippen LogP contribution in [-0.4, -0.2) is 13.7 Å². The van der Waals surface area contributed by atoms with Crippen molar-refractivity contribution in [2.45, 2.75) is 31.8 Å². The molecule has 0 saturated carbocycles. The molecule has 15 heavy (non-hydrogen) atoms. The summed E-state index contributed by atoms with van der Waals surface area (Å²) in [5.41, 5.74) is 1.95. The SMILES string of the molecule is Cc1ccc(CS(=O)(=O)C(C)C)c(Br)c1. The molecule has 0 saturated heterocycles. The zero-order chi connectivity index (χ0) is 11.6. The van der Waals surface area contributed by atoms with Crippen molar-refractivity contribution in [3.05, 3.63) is 33.8 Å². The summed E-state index contributed by atoms with van der Waals surface area (Å²) < 4.78 is 24.3. The molecule has 0 aromatic heterocycles. The van der Waals surface area contributed by atoms with Gasteiger partial charge in [-0.25, -0.2) is 8.42 Å². The van der Waals surface area contributed by atoms with Gasteiger partial charge in [0.1, 0.15) is 0 Å². The molecule has 0 atom stereocenters. The number of rotatable bonds is 3. The highest BCUT2D eigenvalue weighted by molar-refractivity contribution is 9.10. The van der Waals surface area contributed by atoms with Crippen LogP contribution >= 0.6 is 15.9 Å². The quantitative estimate of drug-likeness (QED) is 0.857. The van der Waals surface area contributed by atoms with Crippen molar-refractivity contribution in [1.29, 1.82) is 0 Å². The van der Waals surface area contributed by atoms with Crippen LogP contribution in [0, 0.1) is 6.92 Å². The predicted octanol–water partition coefficient (Wildman–Crippen LogP) is 3.08. The summed E-state index contributed by atoms with van der Waals surface area (Å²) in [6.45, 7) is 5.39. The maximum Gasteiger partial charge on any atom is 0.156 e. The molecule has 1 aromatic carbocycles. The van der Waals surface area contributed by atoms with E-state index in [1.165, 1.54) is 0 Å². The van der Waals surface area contributed by atoms with Crippen LogP contribution < -0.4 is 0 Å². The summed E-state index contributed by atoms with van der Waals surface area (Å²) >= 11 is 3.38. The first-order chi connectivity index (χ1) is 6.83. The van der Waals surface area contributed by atoms with Gasteiger partial charge in [-0.2, -0.15) is 0 Å². The van der Waals surface area contributed by atoms with Gasteiger partial charge in [-0.3, -0.25) is 0 Å². The molecule has 0 N–H and O–H groups in total. The monoisotopic (exact) mass is 290 g/mol. The number of sulfone groups is 1. The maximum absolute atomic E-state index is 11.7. The lowest BCUT2D eigenvalue weighted by atomic mass is 10.2. The third-order valence-corrected chi connectivity index (χ3v) is 5.17. The molecule has 0 spiro atoms. The highest BCUT2D eigenvalue weighted by atomic mass is 79.9. The van der Waals surface area contributed by atoms with Crippen LogP contribution in [0.25, 0.3) is 0 Å². The Balaban J connectivity index is 3.01. The van der Waals surface area contributed by atoms with Crippen molar-refractivity contribution in [2.24, 2.45) is 0 Å². The fourth-order valence-electron chi connectivity index (χ4n) is 1.15. The van der Waals surface area contributed by atoms with Gasteiger partial charge in [0.05, 0.1) is 11.0 Å². The molecular formula is C11H15BrO2S. The summed E-state index contributed by atoms with van der Waals surface area (Å²) in [5, 5.41) is -0.328. The van der Waals surface area contributed by atoms with E-state index in [-0.39, 0.29) is 11.0 Å². The van der Waals surface area contributed by atoms with Gasteiger partial charge < -0.3 is 0 Å². The Labute approximate surface area is 99.7 Å². The van der Waals surface area contributed by atoms with Crippen LogP contribution in [0.3, 0.4) is 0 Å². The topological polar surface area (TPSA) is 34.1 Å². The van der Waals surface area contributed by atoms with Crippen LogP contribution in [0.2, 0.25) is 0 Å². The first kappa shape index (κ1) is 12.7. The van der Waals surface area contributed by atoms with E-state index < -0.39 is 9.84 Å². The van der Waals surface area contributed by atoms with E-state index in [0.717, 1.165) is 15.6 Å². The third kappa shape index (κ3) is 3.31. The van der Waals surface area contributed by atoms with E-state index in [9.17, 15) is 8.42 Å². The fraction of sp³-hybridized carbons (Fsp3) is 0.455. The van der Waals surface area contributed by atoms with Gasteiger partial charge in [-0.1, -0.05) is 28.1 Å². The predicted molar refractivity (Wildman–Crippen MR) is 66.6 cm³/mol. The van der Waals surface area contributed by atoms with Gasteiger partial charge in [-0.15, -0.1) is 0 Å². The number of hydrogen-bond donors (Lipinski definition) is 0. The van der Waals surface area contributed by atoms with Gasteiger partial charge in [0, 0.05) is 4.47 Å². The number of aryl methyl sites for hydroxylation is 1. The number of benzene rings is 1. The smallest absolute Gasteiger partial charge is 0.156 e. The van der Waals surface area contributed by atoms with Gasteiger partial charge in [-0.05, 0) is 38.0 Å². The first-order valence-corrected chi connectivity index (χ1v) is 7.30. The minimum Gasteiger partial charge on any atom is -0.228 e. The highest BCUT2D eigenvalue weighted by Gasteiger charge is 2.17. The third-order valence-electron chi connectivity index (χ3n) is 2.28. The van der Waals surface area contributed by atoms with Crippen molar-refractivity contribution >= 4 is 25.8 Å². The Morgan fingerprint density at radius 3 is 2.40 bits per heavy atom. The molecule has 84 valence electrons. The summed E-state index contributed by atoms with van der Waals surface area (Å²) in [6, 6.07) is 5.72. The molecular weight excluding hydrogens is 276 g/mol. The Morgan fingerprint density at radius 1 is 1.33 bits per heavy atom. The molecule has 0 fully saturated rings. The fourth-order valence-corrected chi connectivity index (χ4v) is 2.99. The summed E-state index contributed by atoms with van der Waals surface area (Å²) in [5.74, 6) is 0.103. The standard InChI is InChI=1S/C11H15BrO2S/c1-8(2)15(13,14)7-10-5-4-9(3)6-11(10)12/h4-6,8H,7H2,1-3H3. The molecule has 0 aliphatic heterocycles. The Kier molecular flexibility index (Phi) is 3.95. The van der Waals surface area contributed by atoms with E-state index in [0.29, 0.717) is 0 Å². The van der Waals surface area contributed by atoms with Crippen LogP contribution in [0.5, 0.6) is 0 Å². The largest absolute Gasteiger partial charge is 0.228 e. The second-order valence-electron chi connectivity index (χ2n) is 3.95. The van der Waals surface area contributed by atoms with Crippen LogP contribution in [0.15, 0.2) is 22.7 Å². The summed E-state index contributed by atoms with van der Waals surface area (Å²) in [4.78, 5) is 0. The normalized spacial score (nSPS) is 12.1. The van der Waals surface area contributed by atoms with Gasteiger partial charge >= 0.3 is 0 Å². The molecule has 0 aliphatic rings. The molecule has 0 bridgehead atoms. The molecule has 1 aromatic rings. The van der Waals surface area contributed by atoms with Crippen LogP contribution in [0.4, 0.5) is 0 Å². The Hall–Kier alpha value is -0.350. The summed E-state index contributed by atoms with van der Waals surface area (Å²) in [7, 11) is -3.02. The average Bonchev–Trinajstić information content (AvgIpc) is 2.09. The molecule has 0 amide bonds. The molecule has 1 rings (SSSR count). The molecule has 0 radical (unpaired) electrons. The Morgan fingerprint density at radius 2 is 1.93 bits per heavy atom. The minimum absolute atomic E-state index is 0.103. The second kappa shape index (κ2) is 4.66. The van der Waals surface area contributed by atoms with Crippen molar-refractivity contribution in [1.82, 2.24) is 0 Å². The van der Waals surface area contributed by atoms with Crippen molar-refractivity contribution in [3.8, 4) is 0 Å². The molecule has 0 heterocycles. The van der Waals surface area contributed by atoms with E-state index in [1.807, 2.05) is 25.1 Å². The highest BCUT2D eigenvalue weighted by Crippen LogP contribution is 2.21. The lowest BCUT2D eigenvalue weighted by Gasteiger charge is -2.09. The number of hydrogen-bond acceptors (Lipinski definition) is 2. The lowest BCUT2D eigenvalue weighted by molar-refractivity contribution is 0.586. The number of halogens is 1. The van der Waals surface area contributed by atoms with E-state index >= 15 is 0 Å². The molecule has 0 aliphatic carbocycles. The zero-order valence-electron chi connectivity index (χ0n) is 9.12. The van der Waals surface area contributed by atoms with E-state index in [2.05, 4.69) is 15.9 Å². The summed E-state index contributed by atoms with van der Waals surface area (Å²) in [6.07, 6.45) is 0. The zero-order valence-corrected chi connectivity index (χ0v) is 11.5. The maximum atomic E-state index is 11.7. The van der Waals surface area contributed by atoms with Gasteiger partial charge in [0.2, 0.25) is 0 Å². The average molecular weight is 291 g/mol. The van der Waals surface area contributed by atoms with Crippen LogP contribution in [0.1, 0.15) is 25.0 Å². The molecule has 2 nitrogen and oxygen atoms in total. The van der Waals surface area contributed by atoms with Crippen molar-refractivity contribution in [3.63, 3.8) is 0 Å². The van der Waals surface area contributed by atoms with E-state index in [4.69, 9.17) is 0 Å². The van der Waals surface area contributed by atoms with Gasteiger partial charge in [0.25, 0.3) is 0 Å². The van der Waals surface area contributed by atoms with Crippen LogP contribution in [-0.2, 0) is 15.6 Å². The van der Waals surface area contributed by atoms with E-state index in [1.54, 1.807) is 13.8 Å². The molecule has 4 heteroatoms. The minimum atomic E-state index is -3.02. The Bertz CT molecular complexity index is 450.